The third-order valence-corrected chi connectivity index (χ3v) is 3.92. The average molecular weight is 316 g/mol. The number of rotatable bonds is 3. The second-order valence-corrected chi connectivity index (χ2v) is 6.12. The molecule has 1 aliphatic heterocycles. The molecule has 0 saturated carbocycles. The van der Waals surface area contributed by atoms with Crippen molar-refractivity contribution in [2.24, 2.45) is 0 Å². The van der Waals surface area contributed by atoms with Gasteiger partial charge in [0.05, 0.1) is 6.61 Å². The predicted octanol–water partition coefficient (Wildman–Crippen LogP) is 3.16. The van der Waals surface area contributed by atoms with Crippen molar-refractivity contribution >= 4 is 0 Å². The van der Waals surface area contributed by atoms with E-state index in [4.69, 9.17) is 14.6 Å². The molecule has 3 N–H and O–H groups in total. The van der Waals surface area contributed by atoms with Gasteiger partial charge in [-0.2, -0.15) is 0 Å². The van der Waals surface area contributed by atoms with Crippen molar-refractivity contribution in [1.29, 1.82) is 0 Å². The highest BCUT2D eigenvalue weighted by atomic mass is 16.7. The van der Waals surface area contributed by atoms with E-state index in [0.717, 1.165) is 16.7 Å². The van der Waals surface area contributed by atoms with E-state index in [1.807, 2.05) is 38.1 Å². The first-order valence-corrected chi connectivity index (χ1v) is 7.47. The average Bonchev–Trinajstić information content (AvgIpc) is 2.86. The molecule has 0 aromatic heterocycles. The van der Waals surface area contributed by atoms with Crippen molar-refractivity contribution < 1.29 is 24.8 Å². The van der Waals surface area contributed by atoms with E-state index in [2.05, 4.69) is 0 Å². The van der Waals surface area contributed by atoms with Gasteiger partial charge < -0.3 is 24.8 Å². The summed E-state index contributed by atoms with van der Waals surface area (Å²) in [7, 11) is 0. The van der Waals surface area contributed by atoms with E-state index in [-0.39, 0.29) is 24.2 Å². The van der Waals surface area contributed by atoms with Gasteiger partial charge in [0.15, 0.2) is 17.3 Å². The van der Waals surface area contributed by atoms with Gasteiger partial charge in [-0.15, -0.1) is 0 Å². The lowest BCUT2D eigenvalue weighted by atomic mass is 9.97. The van der Waals surface area contributed by atoms with E-state index < -0.39 is 11.9 Å². The van der Waals surface area contributed by atoms with Crippen molar-refractivity contribution in [2.45, 2.75) is 38.4 Å². The second kappa shape index (κ2) is 5.85. The molecule has 0 spiro atoms. The van der Waals surface area contributed by atoms with Crippen LogP contribution in [0.25, 0.3) is 0 Å². The highest BCUT2D eigenvalue weighted by Gasteiger charge is 2.43. The lowest BCUT2D eigenvalue weighted by Gasteiger charge is -2.18. The molecule has 122 valence electrons. The summed E-state index contributed by atoms with van der Waals surface area (Å²) in [6, 6.07) is 12.1. The first-order chi connectivity index (χ1) is 10.9. The Morgan fingerprint density at radius 2 is 1.43 bits per heavy atom. The molecule has 1 saturated heterocycles. The summed E-state index contributed by atoms with van der Waals surface area (Å²) in [6.45, 7) is 3.66. The van der Waals surface area contributed by atoms with Crippen LogP contribution in [-0.4, -0.2) is 21.1 Å². The van der Waals surface area contributed by atoms with Gasteiger partial charge in [0, 0.05) is 0 Å². The zero-order chi connectivity index (χ0) is 16.6. The van der Waals surface area contributed by atoms with Crippen molar-refractivity contribution in [2.75, 3.05) is 0 Å². The first-order valence-electron chi connectivity index (χ1n) is 7.47. The third-order valence-electron chi connectivity index (χ3n) is 3.92. The maximum absolute atomic E-state index is 9.74. The summed E-state index contributed by atoms with van der Waals surface area (Å²) >= 11 is 0. The van der Waals surface area contributed by atoms with E-state index in [1.54, 1.807) is 6.07 Å². The van der Waals surface area contributed by atoms with Crippen LogP contribution < -0.4 is 0 Å². The lowest BCUT2D eigenvalue weighted by molar-refractivity contribution is -0.147. The molecule has 3 rings (SSSR count). The standard InChI is InChI=1S/C18H20O5/c1-18(2)22-16(12-5-3-11(10-19)4-6-12)17(23-18)13-7-8-14(20)15(21)9-13/h3-9,16-17,19-21H,10H2,1-2H3/t16-,17-/m1/s1. The topological polar surface area (TPSA) is 79.2 Å². The van der Waals surface area contributed by atoms with Crippen molar-refractivity contribution in [3.8, 4) is 11.5 Å². The van der Waals surface area contributed by atoms with Gasteiger partial charge in [-0.3, -0.25) is 0 Å². The quantitative estimate of drug-likeness (QED) is 0.758. The Morgan fingerprint density at radius 1 is 0.870 bits per heavy atom. The molecule has 23 heavy (non-hydrogen) atoms. The molecular weight excluding hydrogens is 296 g/mol. The van der Waals surface area contributed by atoms with Gasteiger partial charge in [0.25, 0.3) is 0 Å². The Hall–Kier alpha value is -2.08. The number of phenolic OH excluding ortho intramolecular Hbond substituents is 2. The number of benzene rings is 2. The molecule has 1 fully saturated rings. The van der Waals surface area contributed by atoms with E-state index in [9.17, 15) is 10.2 Å². The molecule has 2 aromatic rings. The predicted molar refractivity (Wildman–Crippen MR) is 83.9 cm³/mol. The smallest absolute Gasteiger partial charge is 0.164 e. The van der Waals surface area contributed by atoms with Gasteiger partial charge in [0.2, 0.25) is 0 Å². The fourth-order valence-electron chi connectivity index (χ4n) is 2.78. The molecule has 2 aromatic carbocycles. The lowest BCUT2D eigenvalue weighted by Crippen LogP contribution is -2.20. The minimum atomic E-state index is -0.765. The molecule has 0 bridgehead atoms. The third kappa shape index (κ3) is 3.17. The monoisotopic (exact) mass is 316 g/mol. The highest BCUT2D eigenvalue weighted by molar-refractivity contribution is 5.42. The van der Waals surface area contributed by atoms with E-state index in [1.165, 1.54) is 12.1 Å². The van der Waals surface area contributed by atoms with Gasteiger partial charge in [-0.05, 0) is 42.7 Å². The van der Waals surface area contributed by atoms with E-state index >= 15 is 0 Å². The normalized spacial score (nSPS) is 23.1. The van der Waals surface area contributed by atoms with Gasteiger partial charge in [0.1, 0.15) is 12.2 Å². The van der Waals surface area contributed by atoms with Crippen molar-refractivity contribution in [1.82, 2.24) is 0 Å². The Kier molecular flexibility index (Phi) is 4.02. The largest absolute Gasteiger partial charge is 0.504 e. The Morgan fingerprint density at radius 3 is 2.00 bits per heavy atom. The molecule has 0 aliphatic carbocycles. The molecule has 2 atom stereocenters. The fraction of sp³-hybridized carbons (Fsp3) is 0.333. The number of hydrogen-bond donors (Lipinski definition) is 3. The number of aliphatic hydroxyl groups is 1. The minimum absolute atomic E-state index is 0.0109. The van der Waals surface area contributed by atoms with Crippen LogP contribution in [0.3, 0.4) is 0 Å². The zero-order valence-corrected chi connectivity index (χ0v) is 13.1. The van der Waals surface area contributed by atoms with Gasteiger partial charge >= 0.3 is 0 Å². The number of phenols is 2. The fourth-order valence-corrected chi connectivity index (χ4v) is 2.78. The second-order valence-electron chi connectivity index (χ2n) is 6.12. The van der Waals surface area contributed by atoms with Crippen LogP contribution in [0.15, 0.2) is 42.5 Å². The summed E-state index contributed by atoms with van der Waals surface area (Å²) in [5.74, 6) is -1.13. The Balaban J connectivity index is 1.96. The van der Waals surface area contributed by atoms with Crippen LogP contribution in [-0.2, 0) is 16.1 Å². The Labute approximate surface area is 134 Å². The van der Waals surface area contributed by atoms with E-state index in [0.29, 0.717) is 0 Å². The summed E-state index contributed by atoms with van der Waals surface area (Å²) in [5.41, 5.74) is 2.47. The highest BCUT2D eigenvalue weighted by Crippen LogP contribution is 2.47. The van der Waals surface area contributed by atoms with Crippen LogP contribution in [0.2, 0.25) is 0 Å². The maximum Gasteiger partial charge on any atom is 0.164 e. The van der Waals surface area contributed by atoms with Crippen molar-refractivity contribution in [3.63, 3.8) is 0 Å². The number of hydrogen-bond acceptors (Lipinski definition) is 5. The number of ether oxygens (including phenoxy) is 2. The summed E-state index contributed by atoms with van der Waals surface area (Å²) < 4.78 is 12.0. The summed E-state index contributed by atoms with van der Waals surface area (Å²) in [4.78, 5) is 0. The molecular formula is C18H20O5. The molecule has 5 heteroatoms. The van der Waals surface area contributed by atoms with Crippen LogP contribution in [0.5, 0.6) is 11.5 Å². The zero-order valence-electron chi connectivity index (χ0n) is 13.1. The summed E-state index contributed by atoms with van der Waals surface area (Å²) in [6.07, 6.45) is -0.752. The minimum Gasteiger partial charge on any atom is -0.504 e. The molecule has 1 aliphatic rings. The van der Waals surface area contributed by atoms with Crippen LogP contribution in [0, 0.1) is 0 Å². The molecule has 0 amide bonds. The van der Waals surface area contributed by atoms with Crippen LogP contribution >= 0.6 is 0 Å². The maximum atomic E-state index is 9.74. The van der Waals surface area contributed by atoms with Crippen LogP contribution in [0.1, 0.15) is 42.7 Å². The van der Waals surface area contributed by atoms with Gasteiger partial charge in [-0.25, -0.2) is 0 Å². The van der Waals surface area contributed by atoms with Gasteiger partial charge in [-0.1, -0.05) is 30.3 Å². The molecule has 1 heterocycles. The summed E-state index contributed by atoms with van der Waals surface area (Å²) in [5, 5.41) is 28.4. The molecule has 5 nitrogen and oxygen atoms in total. The SMILES string of the molecule is CC1(C)O[C@H](c2ccc(CO)cc2)[C@@H](c2ccc(O)c(O)c2)O1. The van der Waals surface area contributed by atoms with Crippen LogP contribution in [0.4, 0.5) is 0 Å². The Bertz CT molecular complexity index is 693. The number of aliphatic hydroxyl groups excluding tert-OH is 1. The van der Waals surface area contributed by atoms with Crippen molar-refractivity contribution in [3.05, 3.63) is 59.2 Å². The molecule has 0 radical (unpaired) electrons. The number of aromatic hydroxyl groups is 2. The first kappa shape index (κ1) is 15.8. The molecule has 0 unspecified atom stereocenters.